The van der Waals surface area contributed by atoms with Gasteiger partial charge in [0.15, 0.2) is 5.82 Å². The quantitative estimate of drug-likeness (QED) is 0.878. The van der Waals surface area contributed by atoms with Crippen molar-refractivity contribution in [2.75, 3.05) is 6.54 Å². The van der Waals surface area contributed by atoms with Gasteiger partial charge < -0.3 is 9.84 Å². The van der Waals surface area contributed by atoms with E-state index in [0.29, 0.717) is 11.9 Å². The maximum atomic E-state index is 5.40. The first-order valence-corrected chi connectivity index (χ1v) is 7.22. The summed E-state index contributed by atoms with van der Waals surface area (Å²) in [5.41, 5.74) is 2.50. The molecular weight excluding hydrogens is 250 g/mol. The van der Waals surface area contributed by atoms with E-state index < -0.39 is 0 Å². The second-order valence-corrected chi connectivity index (χ2v) is 5.29. The monoisotopic (exact) mass is 273 g/mol. The molecule has 0 aliphatic heterocycles. The number of aryl methyl sites for hydroxylation is 1. The molecule has 0 saturated heterocycles. The van der Waals surface area contributed by atoms with Gasteiger partial charge in [-0.3, -0.25) is 0 Å². The molecule has 0 aliphatic carbocycles. The minimum absolute atomic E-state index is 0.216. The number of likely N-dealkylation sites (N-methyl/N-ethyl adjacent to an activating group) is 1. The maximum absolute atomic E-state index is 5.40. The molecular formula is C16H23N3O. The molecule has 1 heterocycles. The van der Waals surface area contributed by atoms with Crippen LogP contribution < -0.4 is 5.32 Å². The summed E-state index contributed by atoms with van der Waals surface area (Å²) in [5, 5.41) is 7.49. The largest absolute Gasteiger partial charge is 0.339 e. The van der Waals surface area contributed by atoms with Crippen LogP contribution in [0.5, 0.6) is 0 Å². The molecule has 0 bridgehead atoms. The van der Waals surface area contributed by atoms with Gasteiger partial charge >= 0.3 is 0 Å². The van der Waals surface area contributed by atoms with Gasteiger partial charge in [-0.15, -0.1) is 0 Å². The molecule has 20 heavy (non-hydrogen) atoms. The van der Waals surface area contributed by atoms with Crippen molar-refractivity contribution >= 4 is 0 Å². The lowest BCUT2D eigenvalue weighted by Crippen LogP contribution is -2.30. The van der Waals surface area contributed by atoms with Crippen molar-refractivity contribution < 1.29 is 4.52 Å². The highest BCUT2D eigenvalue weighted by atomic mass is 16.5. The number of benzene rings is 1. The summed E-state index contributed by atoms with van der Waals surface area (Å²) >= 11 is 0. The van der Waals surface area contributed by atoms with Gasteiger partial charge in [0.2, 0.25) is 5.89 Å². The smallest absolute Gasteiger partial charge is 0.231 e. The fourth-order valence-corrected chi connectivity index (χ4v) is 2.22. The molecule has 0 fully saturated rings. The van der Waals surface area contributed by atoms with Crippen LogP contribution in [0.25, 0.3) is 0 Å². The summed E-state index contributed by atoms with van der Waals surface area (Å²) in [6, 6.07) is 8.62. The predicted molar refractivity (Wildman–Crippen MR) is 79.8 cm³/mol. The van der Waals surface area contributed by atoms with Gasteiger partial charge in [0, 0.05) is 12.5 Å². The molecule has 4 heteroatoms. The zero-order valence-electron chi connectivity index (χ0n) is 12.7. The van der Waals surface area contributed by atoms with Crippen LogP contribution >= 0.6 is 0 Å². The summed E-state index contributed by atoms with van der Waals surface area (Å²) in [7, 11) is 0. The minimum atomic E-state index is 0.216. The normalized spacial score (nSPS) is 14.2. The SMILES string of the molecule is CCNC(C)C(C)c1nc(Cc2ccccc2C)no1. The molecule has 1 aromatic heterocycles. The average Bonchev–Trinajstić information content (AvgIpc) is 2.89. The third-order valence-electron chi connectivity index (χ3n) is 3.76. The van der Waals surface area contributed by atoms with Crippen molar-refractivity contribution in [3.8, 4) is 0 Å². The first-order valence-electron chi connectivity index (χ1n) is 7.22. The molecule has 2 atom stereocenters. The van der Waals surface area contributed by atoms with Crippen LogP contribution in [0.1, 0.15) is 49.5 Å². The number of hydrogen-bond acceptors (Lipinski definition) is 4. The molecule has 2 aromatic rings. The standard InChI is InChI=1S/C16H23N3O/c1-5-17-13(4)12(3)16-18-15(19-20-16)10-14-9-7-6-8-11(14)2/h6-9,12-13,17H,5,10H2,1-4H3. The van der Waals surface area contributed by atoms with Crippen LogP contribution in [0.15, 0.2) is 28.8 Å². The Morgan fingerprint density at radius 3 is 2.70 bits per heavy atom. The van der Waals surface area contributed by atoms with Crippen molar-refractivity contribution in [2.24, 2.45) is 0 Å². The van der Waals surface area contributed by atoms with Gasteiger partial charge in [-0.25, -0.2) is 0 Å². The first-order chi connectivity index (χ1) is 9.61. The molecule has 0 aliphatic rings. The highest BCUT2D eigenvalue weighted by Gasteiger charge is 2.20. The highest BCUT2D eigenvalue weighted by Crippen LogP contribution is 2.18. The number of nitrogens with one attached hydrogen (secondary N) is 1. The molecule has 0 radical (unpaired) electrons. The average molecular weight is 273 g/mol. The van der Waals surface area contributed by atoms with Crippen molar-refractivity contribution in [3.63, 3.8) is 0 Å². The number of aromatic nitrogens is 2. The van der Waals surface area contributed by atoms with Gasteiger partial charge in [0.1, 0.15) is 0 Å². The molecule has 1 aromatic carbocycles. The fourth-order valence-electron chi connectivity index (χ4n) is 2.22. The van der Waals surface area contributed by atoms with Gasteiger partial charge in [-0.2, -0.15) is 4.98 Å². The number of hydrogen-bond donors (Lipinski definition) is 1. The number of nitrogens with zero attached hydrogens (tertiary/aromatic N) is 2. The van der Waals surface area contributed by atoms with Crippen molar-refractivity contribution in [2.45, 2.75) is 46.1 Å². The van der Waals surface area contributed by atoms with Gasteiger partial charge in [-0.05, 0) is 31.5 Å². The summed E-state index contributed by atoms with van der Waals surface area (Å²) in [6.45, 7) is 9.39. The van der Waals surface area contributed by atoms with Gasteiger partial charge in [0.25, 0.3) is 0 Å². The molecule has 0 spiro atoms. The zero-order chi connectivity index (χ0) is 14.5. The van der Waals surface area contributed by atoms with E-state index in [1.165, 1.54) is 11.1 Å². The summed E-state index contributed by atoms with van der Waals surface area (Å²) < 4.78 is 5.40. The zero-order valence-corrected chi connectivity index (χ0v) is 12.7. The Labute approximate surface area is 120 Å². The second kappa shape index (κ2) is 6.66. The Morgan fingerprint density at radius 2 is 2.00 bits per heavy atom. The van der Waals surface area contributed by atoms with E-state index in [1.807, 2.05) is 12.1 Å². The molecule has 0 saturated carbocycles. The summed E-state index contributed by atoms with van der Waals surface area (Å²) in [4.78, 5) is 4.53. The maximum Gasteiger partial charge on any atom is 0.231 e. The Kier molecular flexibility index (Phi) is 4.90. The Balaban J connectivity index is 2.07. The molecule has 2 unspecified atom stereocenters. The van der Waals surface area contributed by atoms with E-state index in [2.05, 4.69) is 55.3 Å². The third-order valence-corrected chi connectivity index (χ3v) is 3.76. The van der Waals surface area contributed by atoms with Crippen molar-refractivity contribution in [1.29, 1.82) is 0 Å². The lowest BCUT2D eigenvalue weighted by atomic mass is 10.0. The van der Waals surface area contributed by atoms with Crippen LogP contribution in [-0.2, 0) is 6.42 Å². The number of rotatable bonds is 6. The van der Waals surface area contributed by atoms with Crippen LogP contribution in [-0.4, -0.2) is 22.7 Å². The van der Waals surface area contributed by atoms with Crippen LogP contribution in [0.4, 0.5) is 0 Å². The second-order valence-electron chi connectivity index (χ2n) is 5.29. The van der Waals surface area contributed by atoms with Gasteiger partial charge in [0.05, 0.1) is 5.92 Å². The lowest BCUT2D eigenvalue weighted by molar-refractivity contribution is 0.330. The fraction of sp³-hybridized carbons (Fsp3) is 0.500. The van der Waals surface area contributed by atoms with E-state index in [9.17, 15) is 0 Å². The van der Waals surface area contributed by atoms with Crippen LogP contribution in [0, 0.1) is 6.92 Å². The topological polar surface area (TPSA) is 51.0 Å². The summed E-state index contributed by atoms with van der Waals surface area (Å²) in [6.07, 6.45) is 0.721. The van der Waals surface area contributed by atoms with Gasteiger partial charge in [-0.1, -0.05) is 43.3 Å². The molecule has 108 valence electrons. The van der Waals surface area contributed by atoms with E-state index >= 15 is 0 Å². The summed E-state index contributed by atoms with van der Waals surface area (Å²) in [5.74, 6) is 1.68. The third kappa shape index (κ3) is 3.45. The predicted octanol–water partition coefficient (Wildman–Crippen LogP) is 3.07. The molecule has 1 N–H and O–H groups in total. The van der Waals surface area contributed by atoms with Crippen molar-refractivity contribution in [3.05, 3.63) is 47.1 Å². The molecule has 4 nitrogen and oxygen atoms in total. The Bertz CT molecular complexity index is 550. The van der Waals surface area contributed by atoms with E-state index in [4.69, 9.17) is 4.52 Å². The molecule has 2 rings (SSSR count). The minimum Gasteiger partial charge on any atom is -0.339 e. The van der Waals surface area contributed by atoms with E-state index in [1.54, 1.807) is 0 Å². The van der Waals surface area contributed by atoms with Crippen LogP contribution in [0.2, 0.25) is 0 Å². The lowest BCUT2D eigenvalue weighted by Gasteiger charge is -2.16. The highest BCUT2D eigenvalue weighted by molar-refractivity contribution is 5.28. The van der Waals surface area contributed by atoms with E-state index in [0.717, 1.165) is 18.8 Å². The van der Waals surface area contributed by atoms with E-state index in [-0.39, 0.29) is 5.92 Å². The Morgan fingerprint density at radius 1 is 1.25 bits per heavy atom. The van der Waals surface area contributed by atoms with Crippen molar-refractivity contribution in [1.82, 2.24) is 15.5 Å². The Hall–Kier alpha value is -1.68. The van der Waals surface area contributed by atoms with Crippen LogP contribution in [0.3, 0.4) is 0 Å². The molecule has 0 amide bonds. The first kappa shape index (κ1) is 14.7.